The molecule has 1 aromatic carbocycles. The van der Waals surface area contributed by atoms with Crippen LogP contribution < -0.4 is 10.6 Å². The molecule has 1 amide bonds. The maximum atomic E-state index is 11.8. The molecule has 0 heterocycles. The third-order valence-electron chi connectivity index (χ3n) is 2.53. The first-order chi connectivity index (χ1) is 7.65. The molecule has 0 atom stereocenters. The molecule has 3 nitrogen and oxygen atoms in total. The lowest BCUT2D eigenvalue weighted by molar-refractivity contribution is 0.0952. The molecule has 0 saturated carbocycles. The Morgan fingerprint density at radius 1 is 1.25 bits per heavy atom. The van der Waals surface area contributed by atoms with Gasteiger partial charge in [0.05, 0.1) is 0 Å². The topological polar surface area (TPSA) is 41.1 Å². The van der Waals surface area contributed by atoms with E-state index < -0.39 is 0 Å². The third-order valence-corrected chi connectivity index (χ3v) is 2.53. The molecular formula is C13H20N2O. The SMILES string of the molecule is CNCCCNC(=O)c1cc(C)ccc1C. The number of hydrogen-bond donors (Lipinski definition) is 2. The van der Waals surface area contributed by atoms with Gasteiger partial charge in [-0.3, -0.25) is 4.79 Å². The Morgan fingerprint density at radius 2 is 2.00 bits per heavy atom. The van der Waals surface area contributed by atoms with Crippen molar-refractivity contribution < 1.29 is 4.79 Å². The minimum absolute atomic E-state index is 0.0253. The standard InChI is InChI=1S/C13H20N2O/c1-10-5-6-11(2)12(9-10)13(16)15-8-4-7-14-3/h5-6,9,14H,4,7-8H2,1-3H3,(H,15,16). The van der Waals surface area contributed by atoms with Crippen molar-refractivity contribution >= 4 is 5.91 Å². The summed E-state index contributed by atoms with van der Waals surface area (Å²) < 4.78 is 0. The minimum atomic E-state index is 0.0253. The van der Waals surface area contributed by atoms with E-state index in [9.17, 15) is 4.79 Å². The van der Waals surface area contributed by atoms with Crippen molar-refractivity contribution in [3.63, 3.8) is 0 Å². The van der Waals surface area contributed by atoms with Gasteiger partial charge in [-0.25, -0.2) is 0 Å². The molecule has 3 heteroatoms. The van der Waals surface area contributed by atoms with Crippen LogP contribution in [0.4, 0.5) is 0 Å². The second-order valence-electron chi connectivity index (χ2n) is 4.03. The van der Waals surface area contributed by atoms with Crippen LogP contribution in [0.1, 0.15) is 27.9 Å². The zero-order valence-electron chi connectivity index (χ0n) is 10.3. The van der Waals surface area contributed by atoms with Gasteiger partial charge in [0, 0.05) is 12.1 Å². The first kappa shape index (κ1) is 12.7. The molecule has 0 fully saturated rings. The molecule has 1 aromatic rings. The van der Waals surface area contributed by atoms with Crippen molar-refractivity contribution in [3.8, 4) is 0 Å². The molecule has 16 heavy (non-hydrogen) atoms. The molecule has 0 saturated heterocycles. The van der Waals surface area contributed by atoms with Crippen LogP contribution >= 0.6 is 0 Å². The second-order valence-corrected chi connectivity index (χ2v) is 4.03. The normalized spacial score (nSPS) is 10.2. The molecule has 0 aromatic heterocycles. The Bertz CT molecular complexity index is 361. The van der Waals surface area contributed by atoms with Crippen LogP contribution in [0.5, 0.6) is 0 Å². The van der Waals surface area contributed by atoms with Gasteiger partial charge in [-0.2, -0.15) is 0 Å². The Morgan fingerprint density at radius 3 is 2.69 bits per heavy atom. The molecule has 0 radical (unpaired) electrons. The molecule has 1 rings (SSSR count). The average molecular weight is 220 g/mol. The maximum Gasteiger partial charge on any atom is 0.251 e. The summed E-state index contributed by atoms with van der Waals surface area (Å²) in [5.74, 6) is 0.0253. The van der Waals surface area contributed by atoms with Crippen molar-refractivity contribution in [2.24, 2.45) is 0 Å². The van der Waals surface area contributed by atoms with Crippen molar-refractivity contribution in [1.29, 1.82) is 0 Å². The highest BCUT2D eigenvalue weighted by Gasteiger charge is 2.07. The van der Waals surface area contributed by atoms with Gasteiger partial charge in [0.1, 0.15) is 0 Å². The van der Waals surface area contributed by atoms with Crippen LogP contribution in [-0.4, -0.2) is 26.0 Å². The van der Waals surface area contributed by atoms with Gasteiger partial charge in [-0.05, 0) is 45.5 Å². The molecule has 88 valence electrons. The Labute approximate surface area is 97.2 Å². The van der Waals surface area contributed by atoms with Gasteiger partial charge < -0.3 is 10.6 Å². The summed E-state index contributed by atoms with van der Waals surface area (Å²) in [6.45, 7) is 5.60. The number of amides is 1. The van der Waals surface area contributed by atoms with Gasteiger partial charge in [0.15, 0.2) is 0 Å². The summed E-state index contributed by atoms with van der Waals surface area (Å²) in [6, 6.07) is 5.94. The second kappa shape index (κ2) is 6.28. The molecule has 0 aliphatic carbocycles. The van der Waals surface area contributed by atoms with E-state index in [1.807, 2.05) is 39.1 Å². The number of aryl methyl sites for hydroxylation is 2. The van der Waals surface area contributed by atoms with E-state index in [0.717, 1.165) is 29.7 Å². The Balaban J connectivity index is 2.55. The van der Waals surface area contributed by atoms with Crippen LogP contribution in [0, 0.1) is 13.8 Å². The molecule has 0 aliphatic rings. The summed E-state index contributed by atoms with van der Waals surface area (Å²) in [4.78, 5) is 11.8. The largest absolute Gasteiger partial charge is 0.352 e. The smallest absolute Gasteiger partial charge is 0.251 e. The van der Waals surface area contributed by atoms with E-state index in [0.29, 0.717) is 6.54 Å². The quantitative estimate of drug-likeness (QED) is 0.741. The monoisotopic (exact) mass is 220 g/mol. The number of carbonyl (C=O) groups is 1. The third kappa shape index (κ3) is 3.66. The summed E-state index contributed by atoms with van der Waals surface area (Å²) >= 11 is 0. The fraction of sp³-hybridized carbons (Fsp3) is 0.462. The van der Waals surface area contributed by atoms with Crippen LogP contribution in [0.15, 0.2) is 18.2 Å². The first-order valence-corrected chi connectivity index (χ1v) is 5.65. The van der Waals surface area contributed by atoms with Gasteiger partial charge in [-0.1, -0.05) is 17.7 Å². The molecule has 0 aliphatic heterocycles. The van der Waals surface area contributed by atoms with Crippen molar-refractivity contribution in [1.82, 2.24) is 10.6 Å². The lowest BCUT2D eigenvalue weighted by atomic mass is 10.1. The minimum Gasteiger partial charge on any atom is -0.352 e. The van der Waals surface area contributed by atoms with E-state index >= 15 is 0 Å². The molecule has 2 N–H and O–H groups in total. The Hall–Kier alpha value is -1.35. The van der Waals surface area contributed by atoms with E-state index in [1.165, 1.54) is 0 Å². The first-order valence-electron chi connectivity index (χ1n) is 5.65. The van der Waals surface area contributed by atoms with E-state index in [-0.39, 0.29) is 5.91 Å². The predicted molar refractivity (Wildman–Crippen MR) is 66.8 cm³/mol. The number of hydrogen-bond acceptors (Lipinski definition) is 2. The van der Waals surface area contributed by atoms with Crippen molar-refractivity contribution in [2.45, 2.75) is 20.3 Å². The van der Waals surface area contributed by atoms with Gasteiger partial charge >= 0.3 is 0 Å². The highest BCUT2D eigenvalue weighted by molar-refractivity contribution is 5.95. The van der Waals surface area contributed by atoms with Crippen molar-refractivity contribution in [2.75, 3.05) is 20.1 Å². The highest BCUT2D eigenvalue weighted by Crippen LogP contribution is 2.10. The zero-order valence-corrected chi connectivity index (χ0v) is 10.3. The van der Waals surface area contributed by atoms with E-state index in [1.54, 1.807) is 0 Å². The van der Waals surface area contributed by atoms with Crippen LogP contribution in [0.2, 0.25) is 0 Å². The fourth-order valence-electron chi connectivity index (χ4n) is 1.54. The van der Waals surface area contributed by atoms with Crippen molar-refractivity contribution in [3.05, 3.63) is 34.9 Å². The van der Waals surface area contributed by atoms with E-state index in [4.69, 9.17) is 0 Å². The molecule has 0 bridgehead atoms. The Kier molecular flexibility index (Phi) is 4.99. The van der Waals surface area contributed by atoms with Crippen LogP contribution in [0.25, 0.3) is 0 Å². The number of carbonyl (C=O) groups excluding carboxylic acids is 1. The van der Waals surface area contributed by atoms with Gasteiger partial charge in [-0.15, -0.1) is 0 Å². The molecular weight excluding hydrogens is 200 g/mol. The number of benzene rings is 1. The van der Waals surface area contributed by atoms with Gasteiger partial charge in [0.25, 0.3) is 5.91 Å². The number of rotatable bonds is 5. The summed E-state index contributed by atoms with van der Waals surface area (Å²) in [5, 5.41) is 5.97. The number of nitrogens with one attached hydrogen (secondary N) is 2. The van der Waals surface area contributed by atoms with E-state index in [2.05, 4.69) is 10.6 Å². The maximum absolute atomic E-state index is 11.8. The van der Waals surface area contributed by atoms with Gasteiger partial charge in [0.2, 0.25) is 0 Å². The summed E-state index contributed by atoms with van der Waals surface area (Å²) in [6.07, 6.45) is 0.951. The zero-order chi connectivity index (χ0) is 12.0. The lowest BCUT2D eigenvalue weighted by Crippen LogP contribution is -2.27. The lowest BCUT2D eigenvalue weighted by Gasteiger charge is -2.08. The highest BCUT2D eigenvalue weighted by atomic mass is 16.1. The fourth-order valence-corrected chi connectivity index (χ4v) is 1.54. The average Bonchev–Trinajstić information content (AvgIpc) is 2.27. The molecule has 0 unspecified atom stereocenters. The summed E-state index contributed by atoms with van der Waals surface area (Å²) in [7, 11) is 1.91. The predicted octanol–water partition coefficient (Wildman–Crippen LogP) is 1.64. The summed E-state index contributed by atoms with van der Waals surface area (Å²) in [5.41, 5.74) is 2.92. The van der Waals surface area contributed by atoms with Crippen LogP contribution in [-0.2, 0) is 0 Å². The van der Waals surface area contributed by atoms with Crippen LogP contribution in [0.3, 0.4) is 0 Å². The molecule has 0 spiro atoms.